The lowest BCUT2D eigenvalue weighted by atomic mass is 9.49. The van der Waals surface area contributed by atoms with E-state index in [9.17, 15) is 8.42 Å². The zero-order valence-electron chi connectivity index (χ0n) is 23.7. The smallest absolute Gasteiger partial charge is 0.270 e. The second-order valence-electron chi connectivity index (χ2n) is 11.8. The average Bonchev–Trinajstić information content (AvgIpc) is 3.55. The number of carbonyl (C=O) groups excluding carboxylic acids is 1. The van der Waals surface area contributed by atoms with E-state index in [0.29, 0.717) is 17.9 Å². The van der Waals surface area contributed by atoms with Crippen LogP contribution in [0.25, 0.3) is 11.3 Å². The van der Waals surface area contributed by atoms with E-state index in [1.807, 2.05) is 79.7 Å². The molecule has 7 rings (SSSR count). The van der Waals surface area contributed by atoms with Crippen molar-refractivity contribution in [2.24, 2.45) is 11.3 Å². The molecular formula is C36H31NO4S. The van der Waals surface area contributed by atoms with Crippen LogP contribution < -0.4 is 4.31 Å². The Balaban J connectivity index is 1.54. The Kier molecular flexibility index (Phi) is 5.86. The molecule has 0 saturated carbocycles. The lowest BCUT2D eigenvalue weighted by molar-refractivity contribution is -0.124. The fraction of sp³-hybridized carbons (Fsp3) is 0.194. The molecule has 5 nitrogen and oxygen atoms in total. The Morgan fingerprint density at radius 1 is 0.786 bits per heavy atom. The molecule has 0 saturated heterocycles. The van der Waals surface area contributed by atoms with Crippen molar-refractivity contribution < 1.29 is 17.9 Å². The third-order valence-electron chi connectivity index (χ3n) is 9.29. The number of para-hydroxylation sites is 1. The summed E-state index contributed by atoms with van der Waals surface area (Å²) in [5.41, 5.74) is 3.64. The molecule has 0 bridgehead atoms. The largest absolute Gasteiger partial charge is 0.492 e. The van der Waals surface area contributed by atoms with Crippen molar-refractivity contribution in [2.45, 2.75) is 31.1 Å². The van der Waals surface area contributed by atoms with E-state index in [-0.39, 0.29) is 10.8 Å². The van der Waals surface area contributed by atoms with E-state index >= 15 is 4.79 Å². The van der Waals surface area contributed by atoms with E-state index in [0.717, 1.165) is 37.9 Å². The maximum atomic E-state index is 15.2. The minimum atomic E-state index is -4.21. The molecule has 0 unspecified atom stereocenters. The third kappa shape index (κ3) is 3.48. The summed E-state index contributed by atoms with van der Waals surface area (Å²) in [5, 5.41) is 0. The molecule has 2 aliphatic heterocycles. The average molecular weight is 574 g/mol. The van der Waals surface area contributed by atoms with Crippen molar-refractivity contribution in [1.29, 1.82) is 0 Å². The highest BCUT2D eigenvalue weighted by Gasteiger charge is 2.68. The molecule has 0 N–H and O–H groups in total. The van der Waals surface area contributed by atoms with Crippen molar-refractivity contribution in [3.05, 3.63) is 143 Å². The Labute approximate surface area is 246 Å². The normalized spacial score (nSPS) is 22.5. The molecule has 6 heteroatoms. The monoisotopic (exact) mass is 573 g/mol. The van der Waals surface area contributed by atoms with E-state index in [2.05, 4.69) is 19.9 Å². The first kappa shape index (κ1) is 26.5. The summed E-state index contributed by atoms with van der Waals surface area (Å²) in [4.78, 5) is 15.3. The van der Waals surface area contributed by atoms with Crippen LogP contribution in [0.15, 0.2) is 126 Å². The van der Waals surface area contributed by atoms with Crippen molar-refractivity contribution in [3.8, 4) is 0 Å². The summed E-state index contributed by atoms with van der Waals surface area (Å²) in [6.07, 6.45) is 2.09. The highest BCUT2D eigenvalue weighted by molar-refractivity contribution is 7.93. The van der Waals surface area contributed by atoms with Crippen molar-refractivity contribution in [2.75, 3.05) is 10.9 Å². The number of hydrogen-bond donors (Lipinski definition) is 0. The number of anilines is 1. The van der Waals surface area contributed by atoms with Gasteiger partial charge in [-0.2, -0.15) is 0 Å². The molecule has 0 fully saturated rings. The van der Waals surface area contributed by atoms with Gasteiger partial charge in [0.1, 0.15) is 11.2 Å². The van der Waals surface area contributed by atoms with Crippen LogP contribution >= 0.6 is 0 Å². The highest BCUT2D eigenvalue weighted by Crippen LogP contribution is 2.66. The number of aryl methyl sites for hydroxylation is 1. The Hall–Kier alpha value is -4.42. The minimum absolute atomic E-state index is 0.0864. The number of sulfonamides is 1. The van der Waals surface area contributed by atoms with Crippen LogP contribution in [0.1, 0.15) is 36.1 Å². The minimum Gasteiger partial charge on any atom is -0.492 e. The summed E-state index contributed by atoms with van der Waals surface area (Å²) in [7, 11) is -4.21. The molecule has 210 valence electrons. The van der Waals surface area contributed by atoms with Crippen LogP contribution in [0.5, 0.6) is 0 Å². The van der Waals surface area contributed by atoms with Gasteiger partial charge >= 0.3 is 0 Å². The third-order valence-corrected chi connectivity index (χ3v) is 11.0. The molecule has 2 heterocycles. The summed E-state index contributed by atoms with van der Waals surface area (Å²) in [5.74, 6) is 0.190. The van der Waals surface area contributed by atoms with Gasteiger partial charge in [-0.05, 0) is 53.3 Å². The fourth-order valence-corrected chi connectivity index (χ4v) is 8.64. The number of nitrogens with zero attached hydrogens (tertiary/aromatic N) is 1. The zero-order valence-corrected chi connectivity index (χ0v) is 24.6. The first-order chi connectivity index (χ1) is 20.2. The van der Waals surface area contributed by atoms with Gasteiger partial charge in [0.2, 0.25) is 0 Å². The molecule has 1 spiro atoms. The predicted molar refractivity (Wildman–Crippen MR) is 165 cm³/mol. The number of rotatable bonds is 4. The Morgan fingerprint density at radius 2 is 1.38 bits per heavy atom. The van der Waals surface area contributed by atoms with Gasteiger partial charge in [0, 0.05) is 17.1 Å². The summed E-state index contributed by atoms with van der Waals surface area (Å²) >= 11 is 0. The number of amides is 1. The predicted octanol–water partition coefficient (Wildman–Crippen LogP) is 7.15. The molecule has 4 aromatic carbocycles. The molecule has 42 heavy (non-hydrogen) atoms. The molecule has 0 aromatic heterocycles. The number of carbonyl (C=O) groups is 1. The molecule has 3 aliphatic rings. The number of fused-ring (bicyclic) bond motifs is 3. The molecule has 0 radical (unpaired) electrons. The lowest BCUT2D eigenvalue weighted by Gasteiger charge is -2.51. The fourth-order valence-electron chi connectivity index (χ4n) is 7.17. The van der Waals surface area contributed by atoms with Gasteiger partial charge in [0.15, 0.2) is 0 Å². The van der Waals surface area contributed by atoms with Crippen LogP contribution in [0.3, 0.4) is 0 Å². The molecule has 2 atom stereocenters. The topological polar surface area (TPSA) is 63.7 Å². The SMILES string of the molecule is Cc1ccc(S(=O)(=O)N2C(=O)[C@@]3(C(c4ccccc4)=CC4=C(c5ccccc5)OC[C@@H]4C3(C)C)c3ccccc32)cc1. The van der Waals surface area contributed by atoms with E-state index in [4.69, 9.17) is 4.74 Å². The molecule has 4 aromatic rings. The molecular weight excluding hydrogens is 542 g/mol. The summed E-state index contributed by atoms with van der Waals surface area (Å²) < 4.78 is 36.1. The Bertz CT molecular complexity index is 1890. The first-order valence-electron chi connectivity index (χ1n) is 14.1. The Morgan fingerprint density at radius 3 is 2.05 bits per heavy atom. The van der Waals surface area contributed by atoms with Crippen molar-refractivity contribution in [1.82, 2.24) is 0 Å². The number of benzene rings is 4. The van der Waals surface area contributed by atoms with Crippen LogP contribution in [0.2, 0.25) is 0 Å². The molecule has 1 aliphatic carbocycles. The maximum Gasteiger partial charge on any atom is 0.270 e. The van der Waals surface area contributed by atoms with Gasteiger partial charge in [-0.25, -0.2) is 12.7 Å². The maximum absolute atomic E-state index is 15.2. The summed E-state index contributed by atoms with van der Waals surface area (Å²) in [6.45, 7) is 6.47. The van der Waals surface area contributed by atoms with Crippen molar-refractivity contribution in [3.63, 3.8) is 0 Å². The van der Waals surface area contributed by atoms with E-state index in [1.165, 1.54) is 0 Å². The van der Waals surface area contributed by atoms with Gasteiger partial charge in [0.05, 0.1) is 17.2 Å². The van der Waals surface area contributed by atoms with E-state index < -0.39 is 26.8 Å². The van der Waals surface area contributed by atoms with Crippen LogP contribution in [-0.2, 0) is 25.0 Å². The second-order valence-corrected chi connectivity index (χ2v) is 13.6. The van der Waals surface area contributed by atoms with Crippen LogP contribution in [-0.4, -0.2) is 20.9 Å². The van der Waals surface area contributed by atoms with Gasteiger partial charge in [-0.3, -0.25) is 4.79 Å². The van der Waals surface area contributed by atoms with Crippen molar-refractivity contribution >= 4 is 33.0 Å². The zero-order chi connectivity index (χ0) is 29.3. The first-order valence-corrected chi connectivity index (χ1v) is 15.6. The lowest BCUT2D eigenvalue weighted by Crippen LogP contribution is -2.57. The van der Waals surface area contributed by atoms with Crippen LogP contribution in [0.4, 0.5) is 5.69 Å². The number of allylic oxidation sites excluding steroid dienone is 1. The second kappa shape index (κ2) is 9.30. The standard InChI is InChI=1S/C36H31NO4S/c1-24-18-20-27(21-19-24)42(39,40)37-32-17-11-10-16-29(32)36(34(37)38)30(25-12-6-4-7-13-25)22-28-31(35(36,2)3)23-41-33(28)26-14-8-5-9-15-26/h4-22,31H,23H2,1-3H3/t31-,36-/m0/s1. The number of hydrogen-bond acceptors (Lipinski definition) is 4. The van der Waals surface area contributed by atoms with Crippen LogP contribution in [0, 0.1) is 18.3 Å². The van der Waals surface area contributed by atoms with Gasteiger partial charge in [-0.15, -0.1) is 0 Å². The quantitative estimate of drug-likeness (QED) is 0.260. The van der Waals surface area contributed by atoms with E-state index in [1.54, 1.807) is 36.4 Å². The number of ether oxygens (including phenoxy) is 1. The summed E-state index contributed by atoms with van der Waals surface area (Å²) in [6, 6.07) is 33.9. The highest BCUT2D eigenvalue weighted by atomic mass is 32.2. The van der Waals surface area contributed by atoms with Gasteiger partial charge < -0.3 is 4.74 Å². The van der Waals surface area contributed by atoms with Gasteiger partial charge in [0.25, 0.3) is 15.9 Å². The van der Waals surface area contributed by atoms with Gasteiger partial charge in [-0.1, -0.05) is 110 Å². The molecule has 1 amide bonds.